The highest BCUT2D eigenvalue weighted by atomic mass is 32.2. The fourth-order valence-electron chi connectivity index (χ4n) is 4.95. The molecule has 0 aromatic rings. The number of amides is 1. The highest BCUT2D eigenvalue weighted by Crippen LogP contribution is 2.13. The first-order chi connectivity index (χ1) is 20.3. The molecule has 42 heavy (non-hydrogen) atoms. The first kappa shape index (κ1) is 40.6. The largest absolute Gasteiger partial charge is 0.387 e. The molecule has 0 bridgehead atoms. The van der Waals surface area contributed by atoms with E-state index in [9.17, 15) is 22.9 Å². The quantitative estimate of drug-likeness (QED) is 0.0426. The summed E-state index contributed by atoms with van der Waals surface area (Å²) >= 11 is 0. The summed E-state index contributed by atoms with van der Waals surface area (Å²) < 4.78 is 32.3. The third-order valence-electron chi connectivity index (χ3n) is 7.55. The van der Waals surface area contributed by atoms with E-state index in [1.807, 2.05) is 0 Å². The summed E-state index contributed by atoms with van der Waals surface area (Å²) in [6.07, 6.45) is 36.9. The van der Waals surface area contributed by atoms with E-state index in [0.717, 1.165) is 38.5 Å². The number of rotatable bonds is 30. The van der Waals surface area contributed by atoms with Gasteiger partial charge in [0, 0.05) is 6.42 Å². The SMILES string of the molecule is CCCCCCC/C=C/CC/C=C/CC/C=C/C(O)C(CS(=O)(=O)O)NC(=O)CCCCCCCCCCCCCC. The monoisotopic (exact) mass is 611 g/mol. The van der Waals surface area contributed by atoms with Gasteiger partial charge < -0.3 is 10.4 Å². The summed E-state index contributed by atoms with van der Waals surface area (Å²) in [6, 6.07) is -1.07. The van der Waals surface area contributed by atoms with E-state index in [4.69, 9.17) is 0 Å². The summed E-state index contributed by atoms with van der Waals surface area (Å²) in [5, 5.41) is 13.1. The minimum Gasteiger partial charge on any atom is -0.387 e. The van der Waals surface area contributed by atoms with Crippen LogP contribution in [0.3, 0.4) is 0 Å². The maximum atomic E-state index is 12.4. The van der Waals surface area contributed by atoms with Crippen LogP contribution < -0.4 is 5.32 Å². The Bertz CT molecular complexity index is 806. The molecule has 0 aliphatic rings. The van der Waals surface area contributed by atoms with Gasteiger partial charge in [-0.25, -0.2) is 0 Å². The van der Waals surface area contributed by atoms with E-state index in [1.165, 1.54) is 102 Å². The molecule has 0 heterocycles. The number of unbranched alkanes of at least 4 members (excludes halogenated alkanes) is 18. The Morgan fingerprint density at radius 2 is 1.02 bits per heavy atom. The Morgan fingerprint density at radius 1 is 0.619 bits per heavy atom. The molecule has 2 unspecified atom stereocenters. The van der Waals surface area contributed by atoms with Crippen LogP contribution in [-0.2, 0) is 14.9 Å². The number of aliphatic hydroxyl groups is 1. The van der Waals surface area contributed by atoms with Gasteiger partial charge in [0.15, 0.2) is 0 Å². The first-order valence-corrected chi connectivity index (χ1v) is 18.8. The fraction of sp³-hybridized carbons (Fsp3) is 0.800. The molecule has 0 aromatic carbocycles. The molecule has 0 spiro atoms. The Balaban J connectivity index is 4.12. The summed E-state index contributed by atoms with van der Waals surface area (Å²) in [4.78, 5) is 12.4. The van der Waals surface area contributed by atoms with E-state index in [2.05, 4.69) is 43.5 Å². The summed E-state index contributed by atoms with van der Waals surface area (Å²) in [5.74, 6) is -1.01. The second kappa shape index (κ2) is 29.6. The second-order valence-electron chi connectivity index (χ2n) is 11.8. The van der Waals surface area contributed by atoms with Crippen LogP contribution in [0.4, 0.5) is 0 Å². The third kappa shape index (κ3) is 30.0. The molecule has 0 rings (SSSR count). The van der Waals surface area contributed by atoms with Crippen molar-refractivity contribution in [1.29, 1.82) is 0 Å². The fourth-order valence-corrected chi connectivity index (χ4v) is 5.68. The highest BCUT2D eigenvalue weighted by molar-refractivity contribution is 7.85. The summed E-state index contributed by atoms with van der Waals surface area (Å²) in [6.45, 7) is 4.47. The van der Waals surface area contributed by atoms with Gasteiger partial charge in [-0.15, -0.1) is 0 Å². The average molecular weight is 612 g/mol. The van der Waals surface area contributed by atoms with Gasteiger partial charge in [0.25, 0.3) is 10.1 Å². The number of hydrogen-bond donors (Lipinski definition) is 3. The summed E-state index contributed by atoms with van der Waals surface area (Å²) in [7, 11) is -4.35. The van der Waals surface area contributed by atoms with Gasteiger partial charge in [-0.05, 0) is 44.9 Å². The predicted molar refractivity (Wildman–Crippen MR) is 179 cm³/mol. The lowest BCUT2D eigenvalue weighted by Crippen LogP contribution is -2.46. The topological polar surface area (TPSA) is 104 Å². The van der Waals surface area contributed by atoms with Crippen LogP contribution in [0.25, 0.3) is 0 Å². The van der Waals surface area contributed by atoms with Crippen LogP contribution in [0.2, 0.25) is 0 Å². The number of carbonyl (C=O) groups excluding carboxylic acids is 1. The van der Waals surface area contributed by atoms with Crippen LogP contribution in [-0.4, -0.2) is 41.9 Å². The highest BCUT2D eigenvalue weighted by Gasteiger charge is 2.24. The maximum Gasteiger partial charge on any atom is 0.267 e. The van der Waals surface area contributed by atoms with Crippen molar-refractivity contribution in [3.05, 3.63) is 36.5 Å². The zero-order chi connectivity index (χ0) is 31.2. The maximum absolute atomic E-state index is 12.4. The standard InChI is InChI=1S/C35H65NO5S/c1-3-5-7-9-11-13-15-17-18-19-20-22-24-26-28-30-34(37)33(32-42(39,40)41)36-35(38)31-29-27-25-23-21-16-14-12-10-8-6-4-2/h15,17,20,22,28,30,33-34,37H,3-14,16,18-19,21,23-27,29,31-32H2,1-2H3,(H,36,38)(H,39,40,41)/b17-15+,22-20+,30-28+. The van der Waals surface area contributed by atoms with Gasteiger partial charge in [0.1, 0.15) is 0 Å². The first-order valence-electron chi connectivity index (χ1n) is 17.2. The molecule has 0 aliphatic heterocycles. The molecule has 6 nitrogen and oxygen atoms in total. The Labute approximate surface area is 259 Å². The van der Waals surface area contributed by atoms with E-state index >= 15 is 0 Å². The minimum absolute atomic E-state index is 0.286. The molecule has 246 valence electrons. The molecule has 0 radical (unpaired) electrons. The molecule has 0 aromatic heterocycles. The van der Waals surface area contributed by atoms with Gasteiger partial charge in [-0.2, -0.15) is 8.42 Å². The molecular weight excluding hydrogens is 546 g/mol. The van der Waals surface area contributed by atoms with Crippen molar-refractivity contribution in [2.75, 3.05) is 5.75 Å². The van der Waals surface area contributed by atoms with Crippen LogP contribution in [0.1, 0.15) is 162 Å². The molecule has 0 fully saturated rings. The molecule has 0 saturated heterocycles. The van der Waals surface area contributed by atoms with Crippen LogP contribution in [0.15, 0.2) is 36.5 Å². The minimum atomic E-state index is -4.35. The van der Waals surface area contributed by atoms with E-state index in [-0.39, 0.29) is 12.3 Å². The van der Waals surface area contributed by atoms with Gasteiger partial charge in [-0.1, -0.05) is 147 Å². The van der Waals surface area contributed by atoms with Crippen molar-refractivity contribution < 1.29 is 22.9 Å². The predicted octanol–water partition coefficient (Wildman–Crippen LogP) is 9.40. The van der Waals surface area contributed by atoms with Crippen molar-refractivity contribution in [2.45, 2.75) is 174 Å². The normalized spacial score (nSPS) is 13.9. The van der Waals surface area contributed by atoms with Gasteiger partial charge in [-0.3, -0.25) is 9.35 Å². The smallest absolute Gasteiger partial charge is 0.267 e. The Hall–Kier alpha value is -1.44. The molecule has 7 heteroatoms. The molecule has 1 amide bonds. The lowest BCUT2D eigenvalue weighted by atomic mass is 10.0. The van der Waals surface area contributed by atoms with Gasteiger partial charge >= 0.3 is 0 Å². The van der Waals surface area contributed by atoms with Crippen molar-refractivity contribution in [3.63, 3.8) is 0 Å². The number of allylic oxidation sites excluding steroid dienone is 5. The van der Waals surface area contributed by atoms with Gasteiger partial charge in [0.2, 0.25) is 5.91 Å². The average Bonchev–Trinajstić information content (AvgIpc) is 2.94. The number of nitrogens with one attached hydrogen (secondary N) is 1. The Kier molecular flexibility index (Phi) is 28.6. The Morgan fingerprint density at radius 3 is 1.50 bits per heavy atom. The van der Waals surface area contributed by atoms with E-state index < -0.39 is 28.0 Å². The van der Waals surface area contributed by atoms with Crippen LogP contribution >= 0.6 is 0 Å². The zero-order valence-electron chi connectivity index (χ0n) is 27.1. The lowest BCUT2D eigenvalue weighted by molar-refractivity contribution is -0.122. The van der Waals surface area contributed by atoms with E-state index in [1.54, 1.807) is 6.08 Å². The van der Waals surface area contributed by atoms with Crippen molar-refractivity contribution in [3.8, 4) is 0 Å². The third-order valence-corrected chi connectivity index (χ3v) is 8.33. The van der Waals surface area contributed by atoms with Crippen molar-refractivity contribution in [2.24, 2.45) is 0 Å². The molecular formula is C35H65NO5S. The second-order valence-corrected chi connectivity index (χ2v) is 13.3. The summed E-state index contributed by atoms with van der Waals surface area (Å²) in [5.41, 5.74) is 0. The number of carbonyl (C=O) groups is 1. The molecule has 0 aliphatic carbocycles. The lowest BCUT2D eigenvalue weighted by Gasteiger charge is -2.21. The molecule has 2 atom stereocenters. The van der Waals surface area contributed by atoms with Gasteiger partial charge in [0.05, 0.1) is 17.9 Å². The zero-order valence-corrected chi connectivity index (χ0v) is 27.9. The van der Waals surface area contributed by atoms with E-state index in [0.29, 0.717) is 6.42 Å². The molecule has 0 saturated carbocycles. The van der Waals surface area contributed by atoms with Crippen LogP contribution in [0.5, 0.6) is 0 Å². The van der Waals surface area contributed by atoms with Crippen molar-refractivity contribution in [1.82, 2.24) is 5.32 Å². The van der Waals surface area contributed by atoms with Crippen LogP contribution in [0, 0.1) is 0 Å². The number of hydrogen-bond acceptors (Lipinski definition) is 4. The van der Waals surface area contributed by atoms with Crippen molar-refractivity contribution >= 4 is 16.0 Å². The molecule has 3 N–H and O–H groups in total. The number of aliphatic hydroxyl groups excluding tert-OH is 1.